The fourth-order valence-electron chi connectivity index (χ4n) is 1.68. The van der Waals surface area contributed by atoms with Crippen LogP contribution in [-0.4, -0.2) is 34.4 Å². The number of esters is 1. The molecule has 0 aromatic heterocycles. The van der Waals surface area contributed by atoms with Gasteiger partial charge in [0, 0.05) is 6.42 Å². The average molecular weight is 295 g/mol. The predicted molar refractivity (Wildman–Crippen MR) is 69.2 cm³/mol. The van der Waals surface area contributed by atoms with E-state index >= 15 is 0 Å². The van der Waals surface area contributed by atoms with E-state index in [0.717, 1.165) is 0 Å². The monoisotopic (exact) mass is 295 g/mol. The van der Waals surface area contributed by atoms with Gasteiger partial charge in [-0.15, -0.1) is 0 Å². The van der Waals surface area contributed by atoms with E-state index in [-0.39, 0.29) is 12.8 Å². The molecule has 0 heterocycles. The second-order valence-corrected chi connectivity index (χ2v) is 4.07. The molecule has 0 bridgehead atoms. The van der Waals surface area contributed by atoms with Crippen molar-refractivity contribution in [2.45, 2.75) is 12.8 Å². The molecule has 8 heteroatoms. The van der Waals surface area contributed by atoms with Crippen molar-refractivity contribution in [2.24, 2.45) is 5.92 Å². The van der Waals surface area contributed by atoms with Crippen molar-refractivity contribution in [1.82, 2.24) is 0 Å². The van der Waals surface area contributed by atoms with Crippen LogP contribution < -0.4 is 0 Å². The predicted octanol–water partition coefficient (Wildman–Crippen LogP) is 2.13. The SMILES string of the molecule is N=C(CC(Cc1ccccc1)C(=O)OC(=O)O)OC(=O)O. The number of benzene rings is 1. The third-order valence-corrected chi connectivity index (χ3v) is 2.49. The largest absolute Gasteiger partial charge is 0.513 e. The van der Waals surface area contributed by atoms with Crippen molar-refractivity contribution in [3.63, 3.8) is 0 Å². The van der Waals surface area contributed by atoms with E-state index in [0.29, 0.717) is 5.56 Å². The topological polar surface area (TPSA) is 134 Å². The Labute approximate surface area is 119 Å². The minimum atomic E-state index is -1.76. The smallest absolute Gasteiger partial charge is 0.449 e. The Hall–Kier alpha value is -2.90. The number of carbonyl (C=O) groups is 3. The molecule has 1 aromatic rings. The molecule has 8 nitrogen and oxygen atoms in total. The molecule has 0 amide bonds. The number of carboxylic acid groups (broad SMARTS) is 2. The molecule has 112 valence electrons. The van der Waals surface area contributed by atoms with E-state index in [1.807, 2.05) is 0 Å². The first-order chi connectivity index (χ1) is 9.88. The maximum atomic E-state index is 11.7. The summed E-state index contributed by atoms with van der Waals surface area (Å²) in [6, 6.07) is 8.65. The molecule has 1 atom stereocenters. The zero-order valence-electron chi connectivity index (χ0n) is 10.8. The second-order valence-electron chi connectivity index (χ2n) is 4.07. The van der Waals surface area contributed by atoms with Gasteiger partial charge in [-0.3, -0.25) is 10.2 Å². The molecular weight excluding hydrogens is 282 g/mol. The number of carbonyl (C=O) groups excluding carboxylic acids is 1. The first-order valence-corrected chi connectivity index (χ1v) is 5.85. The van der Waals surface area contributed by atoms with Crippen LogP contribution >= 0.6 is 0 Å². The van der Waals surface area contributed by atoms with E-state index < -0.39 is 30.1 Å². The van der Waals surface area contributed by atoms with Gasteiger partial charge < -0.3 is 19.7 Å². The number of hydrogen-bond donors (Lipinski definition) is 3. The van der Waals surface area contributed by atoms with Crippen molar-refractivity contribution in [3.8, 4) is 0 Å². The van der Waals surface area contributed by atoms with Crippen LogP contribution in [0.2, 0.25) is 0 Å². The second kappa shape index (κ2) is 7.63. The van der Waals surface area contributed by atoms with Crippen LogP contribution in [0.4, 0.5) is 9.59 Å². The van der Waals surface area contributed by atoms with Crippen LogP contribution in [-0.2, 0) is 20.7 Å². The Balaban J connectivity index is 2.79. The van der Waals surface area contributed by atoms with Gasteiger partial charge in [-0.2, -0.15) is 0 Å². The molecule has 1 aromatic carbocycles. The standard InChI is InChI=1S/C13H13NO7/c14-10(20-12(16)17)7-9(11(15)21-13(18)19)6-8-4-2-1-3-5-8/h1-5,9,14H,6-7H2,(H,16,17)(H,18,19). The summed E-state index contributed by atoms with van der Waals surface area (Å²) in [6.45, 7) is 0. The Morgan fingerprint density at radius 3 is 2.14 bits per heavy atom. The molecular formula is C13H13NO7. The zero-order valence-corrected chi connectivity index (χ0v) is 10.8. The molecule has 0 aliphatic rings. The minimum absolute atomic E-state index is 0.0955. The third-order valence-electron chi connectivity index (χ3n) is 2.49. The number of rotatable bonds is 5. The lowest BCUT2D eigenvalue weighted by atomic mass is 9.96. The fraction of sp³-hybridized carbons (Fsp3) is 0.231. The van der Waals surface area contributed by atoms with Gasteiger partial charge in [0.2, 0.25) is 0 Å². The van der Waals surface area contributed by atoms with Crippen molar-refractivity contribution in [1.29, 1.82) is 5.41 Å². The van der Waals surface area contributed by atoms with Crippen LogP contribution in [0, 0.1) is 11.3 Å². The molecule has 0 radical (unpaired) electrons. The Bertz CT molecular complexity index is 541. The summed E-state index contributed by atoms with van der Waals surface area (Å²) >= 11 is 0. The number of hydrogen-bond acceptors (Lipinski definition) is 6. The lowest BCUT2D eigenvalue weighted by molar-refractivity contribution is -0.143. The highest BCUT2D eigenvalue weighted by atomic mass is 16.7. The highest BCUT2D eigenvalue weighted by Gasteiger charge is 2.26. The Morgan fingerprint density at radius 2 is 1.62 bits per heavy atom. The van der Waals surface area contributed by atoms with Gasteiger partial charge >= 0.3 is 18.3 Å². The van der Waals surface area contributed by atoms with Crippen LogP contribution in [0.15, 0.2) is 30.3 Å². The highest BCUT2D eigenvalue weighted by molar-refractivity contribution is 5.89. The molecule has 3 N–H and O–H groups in total. The van der Waals surface area contributed by atoms with Crippen molar-refractivity contribution < 1.29 is 34.1 Å². The van der Waals surface area contributed by atoms with E-state index in [9.17, 15) is 14.4 Å². The van der Waals surface area contributed by atoms with E-state index in [1.165, 1.54) is 0 Å². The lowest BCUT2D eigenvalue weighted by Crippen LogP contribution is -2.26. The van der Waals surface area contributed by atoms with Crippen molar-refractivity contribution in [3.05, 3.63) is 35.9 Å². The van der Waals surface area contributed by atoms with Gasteiger partial charge in [-0.25, -0.2) is 9.59 Å². The molecule has 1 unspecified atom stereocenters. The summed E-state index contributed by atoms with van der Waals surface area (Å²) in [6.07, 6.45) is -3.72. The zero-order chi connectivity index (χ0) is 15.8. The maximum absolute atomic E-state index is 11.7. The maximum Gasteiger partial charge on any atom is 0.513 e. The summed E-state index contributed by atoms with van der Waals surface area (Å²) < 4.78 is 8.19. The number of ether oxygens (including phenoxy) is 2. The molecule has 0 fully saturated rings. The van der Waals surface area contributed by atoms with Crippen molar-refractivity contribution in [2.75, 3.05) is 0 Å². The van der Waals surface area contributed by atoms with Crippen LogP contribution in [0.25, 0.3) is 0 Å². The van der Waals surface area contributed by atoms with Crippen LogP contribution in [0.5, 0.6) is 0 Å². The summed E-state index contributed by atoms with van der Waals surface area (Å²) in [5.41, 5.74) is 0.716. The third kappa shape index (κ3) is 6.19. The van der Waals surface area contributed by atoms with Gasteiger partial charge in [0.15, 0.2) is 5.90 Å². The summed E-state index contributed by atoms with van der Waals surface area (Å²) in [4.78, 5) is 32.4. The first-order valence-electron chi connectivity index (χ1n) is 5.85. The van der Waals surface area contributed by atoms with Gasteiger partial charge in [-0.1, -0.05) is 30.3 Å². The molecule has 0 aliphatic heterocycles. The highest BCUT2D eigenvalue weighted by Crippen LogP contribution is 2.15. The van der Waals surface area contributed by atoms with E-state index in [2.05, 4.69) is 9.47 Å². The van der Waals surface area contributed by atoms with E-state index in [1.54, 1.807) is 30.3 Å². The van der Waals surface area contributed by atoms with Crippen molar-refractivity contribution >= 4 is 24.2 Å². The lowest BCUT2D eigenvalue weighted by Gasteiger charge is -2.14. The molecule has 1 rings (SSSR count). The summed E-state index contributed by atoms with van der Waals surface area (Å²) in [7, 11) is 0. The number of nitrogens with one attached hydrogen (secondary N) is 1. The molecule has 0 saturated carbocycles. The van der Waals surface area contributed by atoms with Crippen LogP contribution in [0.3, 0.4) is 0 Å². The first kappa shape index (κ1) is 16.2. The van der Waals surface area contributed by atoms with Gasteiger partial charge in [0.25, 0.3) is 0 Å². The molecule has 0 spiro atoms. The summed E-state index contributed by atoms with van der Waals surface area (Å²) in [5, 5.41) is 24.2. The average Bonchev–Trinajstić information content (AvgIpc) is 2.37. The quantitative estimate of drug-likeness (QED) is 0.328. The minimum Gasteiger partial charge on any atom is -0.449 e. The molecule has 21 heavy (non-hydrogen) atoms. The normalized spacial score (nSPS) is 11.2. The van der Waals surface area contributed by atoms with Gasteiger partial charge in [-0.05, 0) is 12.0 Å². The Morgan fingerprint density at radius 1 is 1.05 bits per heavy atom. The summed E-state index contributed by atoms with van der Waals surface area (Å²) in [5.74, 6) is -2.76. The van der Waals surface area contributed by atoms with Gasteiger partial charge in [0.1, 0.15) is 0 Å². The molecule has 0 aliphatic carbocycles. The fourth-order valence-corrected chi connectivity index (χ4v) is 1.68. The Kier molecular flexibility index (Phi) is 5.87. The van der Waals surface area contributed by atoms with E-state index in [4.69, 9.17) is 15.6 Å². The van der Waals surface area contributed by atoms with Gasteiger partial charge in [0.05, 0.1) is 5.92 Å². The van der Waals surface area contributed by atoms with Crippen LogP contribution in [0.1, 0.15) is 12.0 Å². The molecule has 0 saturated heterocycles.